The standard InChI is InChI=1S/C32H23Cl2N/c33-30-17-16-25(18-31(30)34)35-20-28-26(22-10-4-1-5-11-22)19-27(23-12-6-2-7-13-23)32(29(28)21-35)24-14-8-3-9-15-24/h1-19H,20-21H2. The molecule has 0 saturated carbocycles. The van der Waals surface area contributed by atoms with E-state index in [2.05, 4.69) is 108 Å². The van der Waals surface area contributed by atoms with Gasteiger partial charge in [0.1, 0.15) is 0 Å². The van der Waals surface area contributed by atoms with Crippen molar-refractivity contribution in [1.29, 1.82) is 0 Å². The Hall–Kier alpha value is -3.52. The molecule has 35 heavy (non-hydrogen) atoms. The van der Waals surface area contributed by atoms with Gasteiger partial charge in [0.15, 0.2) is 0 Å². The Morgan fingerprint density at radius 2 is 1.03 bits per heavy atom. The first-order valence-electron chi connectivity index (χ1n) is 11.7. The molecule has 5 aromatic rings. The average Bonchev–Trinajstić information content (AvgIpc) is 3.36. The van der Waals surface area contributed by atoms with Crippen molar-refractivity contribution in [3.63, 3.8) is 0 Å². The van der Waals surface area contributed by atoms with Gasteiger partial charge in [-0.2, -0.15) is 0 Å². The molecule has 1 aliphatic rings. The summed E-state index contributed by atoms with van der Waals surface area (Å²) in [5.74, 6) is 0. The van der Waals surface area contributed by atoms with Gasteiger partial charge >= 0.3 is 0 Å². The Morgan fingerprint density at radius 3 is 1.63 bits per heavy atom. The third kappa shape index (κ3) is 4.12. The van der Waals surface area contributed by atoms with Gasteiger partial charge in [0, 0.05) is 18.8 Å². The maximum absolute atomic E-state index is 6.40. The lowest BCUT2D eigenvalue weighted by Gasteiger charge is -2.19. The molecule has 170 valence electrons. The van der Waals surface area contributed by atoms with Crippen LogP contribution < -0.4 is 4.90 Å². The van der Waals surface area contributed by atoms with Crippen LogP contribution in [0.25, 0.3) is 33.4 Å². The quantitative estimate of drug-likeness (QED) is 0.241. The lowest BCUT2D eigenvalue weighted by Crippen LogP contribution is -2.14. The topological polar surface area (TPSA) is 3.24 Å². The second-order valence-corrected chi connectivity index (χ2v) is 9.67. The van der Waals surface area contributed by atoms with Crippen molar-refractivity contribution in [2.75, 3.05) is 4.90 Å². The summed E-state index contributed by atoms with van der Waals surface area (Å²) in [5.41, 5.74) is 11.3. The molecule has 0 bridgehead atoms. The highest BCUT2D eigenvalue weighted by Gasteiger charge is 2.28. The Bertz CT molecular complexity index is 1500. The minimum Gasteiger partial charge on any atom is -0.363 e. The number of nitrogens with zero attached hydrogens (tertiary/aromatic N) is 1. The van der Waals surface area contributed by atoms with Crippen LogP contribution in [0.5, 0.6) is 0 Å². The zero-order valence-corrected chi connectivity index (χ0v) is 20.6. The summed E-state index contributed by atoms with van der Waals surface area (Å²) < 4.78 is 0. The van der Waals surface area contributed by atoms with Gasteiger partial charge in [-0.05, 0) is 68.8 Å². The summed E-state index contributed by atoms with van der Waals surface area (Å²) in [4.78, 5) is 2.39. The van der Waals surface area contributed by atoms with Crippen molar-refractivity contribution in [3.05, 3.63) is 136 Å². The normalized spacial score (nSPS) is 12.6. The predicted octanol–water partition coefficient (Wildman–Crippen LogP) is 9.51. The Balaban J connectivity index is 1.61. The molecule has 0 spiro atoms. The smallest absolute Gasteiger partial charge is 0.0612 e. The van der Waals surface area contributed by atoms with Crippen LogP contribution in [0.2, 0.25) is 10.0 Å². The molecular formula is C32H23Cl2N. The van der Waals surface area contributed by atoms with E-state index in [0.29, 0.717) is 10.0 Å². The molecule has 0 aliphatic carbocycles. The van der Waals surface area contributed by atoms with Crippen LogP contribution in [0, 0.1) is 0 Å². The van der Waals surface area contributed by atoms with Crippen LogP contribution in [-0.4, -0.2) is 0 Å². The van der Waals surface area contributed by atoms with Crippen molar-refractivity contribution in [1.82, 2.24) is 0 Å². The van der Waals surface area contributed by atoms with Crippen LogP contribution in [0.1, 0.15) is 11.1 Å². The number of halogens is 2. The zero-order chi connectivity index (χ0) is 23.8. The molecule has 0 unspecified atom stereocenters. The average molecular weight is 492 g/mol. The van der Waals surface area contributed by atoms with Crippen LogP contribution in [0.3, 0.4) is 0 Å². The Morgan fingerprint density at radius 1 is 0.486 bits per heavy atom. The number of fused-ring (bicyclic) bond motifs is 1. The summed E-state index contributed by atoms with van der Waals surface area (Å²) >= 11 is 12.6. The predicted molar refractivity (Wildman–Crippen MR) is 149 cm³/mol. The van der Waals surface area contributed by atoms with Crippen LogP contribution in [-0.2, 0) is 13.1 Å². The molecule has 0 fully saturated rings. The number of rotatable bonds is 4. The fraction of sp³-hybridized carbons (Fsp3) is 0.0625. The monoisotopic (exact) mass is 491 g/mol. The van der Waals surface area contributed by atoms with E-state index >= 15 is 0 Å². The molecule has 5 aromatic carbocycles. The van der Waals surface area contributed by atoms with Gasteiger partial charge in [-0.3, -0.25) is 0 Å². The Labute approximate surface area is 216 Å². The first-order chi connectivity index (χ1) is 17.2. The van der Waals surface area contributed by atoms with E-state index in [4.69, 9.17) is 23.2 Å². The molecule has 0 atom stereocenters. The fourth-order valence-electron chi connectivity index (χ4n) is 5.09. The molecule has 0 aromatic heterocycles. The highest BCUT2D eigenvalue weighted by Crippen LogP contribution is 2.46. The van der Waals surface area contributed by atoms with E-state index in [1.54, 1.807) is 0 Å². The van der Waals surface area contributed by atoms with Crippen molar-refractivity contribution in [3.8, 4) is 33.4 Å². The van der Waals surface area contributed by atoms with E-state index < -0.39 is 0 Å². The molecule has 1 aliphatic heterocycles. The highest BCUT2D eigenvalue weighted by atomic mass is 35.5. The van der Waals surface area contributed by atoms with Gasteiger partial charge < -0.3 is 4.90 Å². The molecular weight excluding hydrogens is 469 g/mol. The van der Waals surface area contributed by atoms with Crippen molar-refractivity contribution < 1.29 is 0 Å². The third-order valence-electron chi connectivity index (χ3n) is 6.75. The van der Waals surface area contributed by atoms with Gasteiger partial charge in [-0.1, -0.05) is 114 Å². The van der Waals surface area contributed by atoms with Crippen LogP contribution >= 0.6 is 23.2 Å². The zero-order valence-electron chi connectivity index (χ0n) is 19.1. The van der Waals surface area contributed by atoms with Crippen molar-refractivity contribution in [2.24, 2.45) is 0 Å². The number of hydrogen-bond acceptors (Lipinski definition) is 1. The summed E-state index contributed by atoms with van der Waals surface area (Å²) in [6.45, 7) is 1.62. The molecule has 1 nitrogen and oxygen atoms in total. The summed E-state index contributed by atoms with van der Waals surface area (Å²) in [5, 5.41) is 1.16. The number of hydrogen-bond donors (Lipinski definition) is 0. The maximum Gasteiger partial charge on any atom is 0.0612 e. The lowest BCUT2D eigenvalue weighted by atomic mass is 9.84. The fourth-order valence-corrected chi connectivity index (χ4v) is 5.38. The van der Waals surface area contributed by atoms with Gasteiger partial charge in [0.25, 0.3) is 0 Å². The summed E-state index contributed by atoms with van der Waals surface area (Å²) in [6.07, 6.45) is 0. The van der Waals surface area contributed by atoms with Crippen LogP contribution in [0.4, 0.5) is 5.69 Å². The maximum atomic E-state index is 6.40. The second kappa shape index (κ2) is 9.26. The number of benzene rings is 5. The van der Waals surface area contributed by atoms with Gasteiger partial charge in [-0.15, -0.1) is 0 Å². The lowest BCUT2D eigenvalue weighted by molar-refractivity contribution is 0.881. The molecule has 0 amide bonds. The van der Waals surface area contributed by atoms with E-state index in [0.717, 1.165) is 18.8 Å². The largest absolute Gasteiger partial charge is 0.363 e. The minimum absolute atomic E-state index is 0.577. The first-order valence-corrected chi connectivity index (χ1v) is 12.5. The van der Waals surface area contributed by atoms with E-state index in [-0.39, 0.29) is 0 Å². The van der Waals surface area contributed by atoms with Gasteiger partial charge in [0.2, 0.25) is 0 Å². The summed E-state index contributed by atoms with van der Waals surface area (Å²) in [7, 11) is 0. The molecule has 0 saturated heterocycles. The minimum atomic E-state index is 0.577. The third-order valence-corrected chi connectivity index (χ3v) is 7.49. The second-order valence-electron chi connectivity index (χ2n) is 8.86. The molecule has 3 heteroatoms. The highest BCUT2D eigenvalue weighted by molar-refractivity contribution is 6.42. The van der Waals surface area contributed by atoms with Crippen molar-refractivity contribution in [2.45, 2.75) is 13.1 Å². The van der Waals surface area contributed by atoms with Gasteiger partial charge in [-0.25, -0.2) is 0 Å². The molecule has 6 rings (SSSR count). The van der Waals surface area contributed by atoms with E-state index in [9.17, 15) is 0 Å². The van der Waals surface area contributed by atoms with Gasteiger partial charge in [0.05, 0.1) is 10.0 Å². The summed E-state index contributed by atoms with van der Waals surface area (Å²) in [6, 6.07) is 40.4. The molecule has 1 heterocycles. The Kier molecular flexibility index (Phi) is 5.82. The van der Waals surface area contributed by atoms with E-state index in [1.165, 1.54) is 44.5 Å². The first kappa shape index (κ1) is 22.0. The molecule has 0 N–H and O–H groups in total. The SMILES string of the molecule is Clc1ccc(N2Cc3c(-c4ccccc4)cc(-c4ccccc4)c(-c4ccccc4)c3C2)cc1Cl. The molecule has 0 radical (unpaired) electrons. The number of anilines is 1. The van der Waals surface area contributed by atoms with Crippen LogP contribution in [0.15, 0.2) is 115 Å². The van der Waals surface area contributed by atoms with Crippen molar-refractivity contribution >= 4 is 28.9 Å². The van der Waals surface area contributed by atoms with E-state index in [1.807, 2.05) is 12.1 Å².